The molecule has 3 aliphatic heterocycles. The van der Waals surface area contributed by atoms with Gasteiger partial charge in [0.1, 0.15) is 5.75 Å². The van der Waals surface area contributed by atoms with Crippen LogP contribution in [0.5, 0.6) is 5.75 Å². The van der Waals surface area contributed by atoms with Crippen LogP contribution >= 0.6 is 0 Å². The molecule has 3 aliphatic rings. The predicted octanol–water partition coefficient (Wildman–Crippen LogP) is 2.77. The number of hydrogen-bond donors (Lipinski definition) is 0. The topological polar surface area (TPSA) is 53.1 Å². The van der Waals surface area contributed by atoms with Gasteiger partial charge in [0.2, 0.25) is 11.8 Å². The summed E-state index contributed by atoms with van der Waals surface area (Å²) in [6.07, 6.45) is 3.03. The van der Waals surface area contributed by atoms with Crippen molar-refractivity contribution in [3.63, 3.8) is 0 Å². The maximum absolute atomic E-state index is 12.3. The molecule has 1 aromatic rings. The molecule has 2 atom stereocenters. The molecule has 3 heterocycles. The normalized spacial score (nSPS) is 26.9. The summed E-state index contributed by atoms with van der Waals surface area (Å²) in [6.45, 7) is 8.68. The van der Waals surface area contributed by atoms with Crippen molar-refractivity contribution in [2.24, 2.45) is 11.3 Å². The van der Waals surface area contributed by atoms with Gasteiger partial charge in [-0.2, -0.15) is 0 Å². The van der Waals surface area contributed by atoms with Crippen LogP contribution in [0, 0.1) is 11.3 Å². The van der Waals surface area contributed by atoms with Crippen molar-refractivity contribution in [3.05, 3.63) is 24.3 Å². The lowest BCUT2D eigenvalue weighted by Crippen LogP contribution is -2.47. The molecule has 4 rings (SSSR count). The Morgan fingerprint density at radius 3 is 2.48 bits per heavy atom. The largest absolute Gasteiger partial charge is 0.495 e. The molecule has 0 N–H and O–H groups in total. The van der Waals surface area contributed by atoms with Crippen molar-refractivity contribution in [1.29, 1.82) is 0 Å². The smallest absolute Gasteiger partial charge is 0.229 e. The molecule has 0 aromatic heterocycles. The summed E-state index contributed by atoms with van der Waals surface area (Å²) >= 11 is 0. The van der Waals surface area contributed by atoms with Crippen LogP contribution in [0.1, 0.15) is 39.5 Å². The van der Waals surface area contributed by atoms with Crippen molar-refractivity contribution in [2.45, 2.75) is 45.6 Å². The van der Waals surface area contributed by atoms with E-state index in [1.807, 2.05) is 26.0 Å². The zero-order valence-electron chi connectivity index (χ0n) is 17.9. The third kappa shape index (κ3) is 4.27. The number of rotatable bonds is 6. The molecule has 6 nitrogen and oxygen atoms in total. The highest BCUT2D eigenvalue weighted by Gasteiger charge is 2.40. The molecule has 2 amide bonds. The van der Waals surface area contributed by atoms with E-state index in [9.17, 15) is 9.59 Å². The van der Waals surface area contributed by atoms with Crippen molar-refractivity contribution < 1.29 is 14.3 Å². The number of benzene rings is 1. The average Bonchev–Trinajstić information content (AvgIpc) is 2.97. The summed E-state index contributed by atoms with van der Waals surface area (Å²) in [7, 11) is 1.73. The first-order chi connectivity index (χ1) is 13.9. The molecule has 3 saturated heterocycles. The number of carbonyl (C=O) groups excluding carboxylic acids is 2. The number of piperidine rings is 2. The Labute approximate surface area is 173 Å². The fourth-order valence-corrected chi connectivity index (χ4v) is 5.31. The monoisotopic (exact) mass is 399 g/mol. The molecular formula is C23H33N3O3. The van der Waals surface area contributed by atoms with Crippen LogP contribution in [0.15, 0.2) is 24.3 Å². The summed E-state index contributed by atoms with van der Waals surface area (Å²) < 4.78 is 5.58. The number of amides is 2. The number of carbonyl (C=O) groups is 2. The van der Waals surface area contributed by atoms with E-state index in [1.165, 1.54) is 17.0 Å². The van der Waals surface area contributed by atoms with Gasteiger partial charge in [-0.25, -0.2) is 0 Å². The third-order valence-electron chi connectivity index (χ3n) is 6.60. The van der Waals surface area contributed by atoms with E-state index in [1.54, 1.807) is 7.11 Å². The van der Waals surface area contributed by atoms with Gasteiger partial charge in [0.25, 0.3) is 0 Å². The van der Waals surface area contributed by atoms with Gasteiger partial charge in [-0.15, -0.1) is 0 Å². The number of para-hydroxylation sites is 2. The van der Waals surface area contributed by atoms with Crippen LogP contribution in [-0.2, 0) is 9.59 Å². The predicted molar refractivity (Wildman–Crippen MR) is 113 cm³/mol. The highest BCUT2D eigenvalue weighted by Crippen LogP contribution is 2.38. The Bertz CT molecular complexity index is 758. The second kappa shape index (κ2) is 7.98. The van der Waals surface area contributed by atoms with Crippen molar-refractivity contribution in [2.75, 3.05) is 44.7 Å². The first-order valence-corrected chi connectivity index (χ1v) is 10.8. The van der Waals surface area contributed by atoms with Gasteiger partial charge in [-0.05, 0) is 42.9 Å². The Balaban J connectivity index is 1.31. The molecular weight excluding hydrogens is 366 g/mol. The van der Waals surface area contributed by atoms with Gasteiger partial charge in [0.15, 0.2) is 0 Å². The Kier molecular flexibility index (Phi) is 5.56. The second-order valence-electron chi connectivity index (χ2n) is 9.65. The first kappa shape index (κ1) is 20.2. The van der Waals surface area contributed by atoms with E-state index in [-0.39, 0.29) is 17.2 Å². The van der Waals surface area contributed by atoms with E-state index in [0.29, 0.717) is 31.3 Å². The molecule has 2 unspecified atom stereocenters. The number of ether oxygens (including phenoxy) is 1. The third-order valence-corrected chi connectivity index (χ3v) is 6.60. The SMILES string of the molecule is COc1ccccc1N1CC2CC1CN(CCCN1C(=O)CC(C)(C)CC1=O)C2. The second-order valence-corrected chi connectivity index (χ2v) is 9.65. The molecule has 0 spiro atoms. The van der Waals surface area contributed by atoms with Gasteiger partial charge in [0, 0.05) is 45.1 Å². The quantitative estimate of drug-likeness (QED) is 0.689. The number of likely N-dealkylation sites (tertiary alicyclic amines) is 2. The molecule has 0 saturated carbocycles. The maximum atomic E-state index is 12.3. The number of anilines is 1. The first-order valence-electron chi connectivity index (χ1n) is 10.8. The Morgan fingerprint density at radius 1 is 1.03 bits per heavy atom. The number of hydrogen-bond acceptors (Lipinski definition) is 5. The number of methoxy groups -OCH3 is 1. The van der Waals surface area contributed by atoms with Gasteiger partial charge in [-0.3, -0.25) is 14.5 Å². The molecule has 2 bridgehead atoms. The van der Waals surface area contributed by atoms with Crippen LogP contribution in [0.3, 0.4) is 0 Å². The summed E-state index contributed by atoms with van der Waals surface area (Å²) in [6, 6.07) is 8.78. The van der Waals surface area contributed by atoms with Crippen LogP contribution in [0.25, 0.3) is 0 Å². The van der Waals surface area contributed by atoms with E-state index in [4.69, 9.17) is 4.74 Å². The fourth-order valence-electron chi connectivity index (χ4n) is 5.31. The molecule has 158 valence electrons. The fraction of sp³-hybridized carbons (Fsp3) is 0.652. The Hall–Kier alpha value is -2.08. The summed E-state index contributed by atoms with van der Waals surface area (Å²) in [5.74, 6) is 1.59. The van der Waals surface area contributed by atoms with Gasteiger partial charge < -0.3 is 14.5 Å². The summed E-state index contributed by atoms with van der Waals surface area (Å²) in [5, 5.41) is 0. The molecule has 29 heavy (non-hydrogen) atoms. The van der Waals surface area contributed by atoms with Gasteiger partial charge in [-0.1, -0.05) is 26.0 Å². The lowest BCUT2D eigenvalue weighted by atomic mass is 9.82. The van der Waals surface area contributed by atoms with E-state index >= 15 is 0 Å². The summed E-state index contributed by atoms with van der Waals surface area (Å²) in [4.78, 5) is 31.2. The summed E-state index contributed by atoms with van der Waals surface area (Å²) in [5.41, 5.74) is 0.995. The van der Waals surface area contributed by atoms with Crippen LogP contribution in [-0.4, -0.2) is 67.5 Å². The minimum absolute atomic E-state index is 0.00712. The van der Waals surface area contributed by atoms with Crippen molar-refractivity contribution in [3.8, 4) is 5.75 Å². The minimum atomic E-state index is -0.196. The van der Waals surface area contributed by atoms with Gasteiger partial charge >= 0.3 is 0 Å². The highest BCUT2D eigenvalue weighted by atomic mass is 16.5. The molecule has 0 aliphatic carbocycles. The zero-order chi connectivity index (χ0) is 20.6. The average molecular weight is 400 g/mol. The number of nitrogens with zero attached hydrogens (tertiary/aromatic N) is 3. The van der Waals surface area contributed by atoms with Crippen LogP contribution in [0.2, 0.25) is 0 Å². The maximum Gasteiger partial charge on any atom is 0.229 e. The molecule has 1 aromatic carbocycles. The Morgan fingerprint density at radius 2 is 1.76 bits per heavy atom. The van der Waals surface area contributed by atoms with Crippen LogP contribution < -0.4 is 9.64 Å². The lowest BCUT2D eigenvalue weighted by molar-refractivity contribution is -0.152. The minimum Gasteiger partial charge on any atom is -0.495 e. The number of fused-ring (bicyclic) bond motifs is 2. The van der Waals surface area contributed by atoms with Crippen molar-refractivity contribution >= 4 is 17.5 Å². The number of imide groups is 1. The zero-order valence-corrected chi connectivity index (χ0v) is 17.9. The molecule has 0 radical (unpaired) electrons. The van der Waals surface area contributed by atoms with Crippen LogP contribution in [0.4, 0.5) is 5.69 Å². The lowest BCUT2D eigenvalue weighted by Gasteiger charge is -2.36. The van der Waals surface area contributed by atoms with E-state index in [2.05, 4.69) is 21.9 Å². The molecule has 3 fully saturated rings. The highest BCUT2D eigenvalue weighted by molar-refractivity contribution is 5.98. The van der Waals surface area contributed by atoms with Crippen molar-refractivity contribution in [1.82, 2.24) is 9.80 Å². The standard InChI is InChI=1S/C23H33N3O3/c1-23(2)12-21(27)25(22(28)13-23)10-6-9-24-14-17-11-18(16-24)26(15-17)19-7-4-5-8-20(19)29-3/h4-5,7-8,17-18H,6,9-16H2,1-3H3. The van der Waals surface area contributed by atoms with E-state index in [0.717, 1.165) is 38.3 Å². The molecule has 6 heteroatoms. The van der Waals surface area contributed by atoms with Gasteiger partial charge in [0.05, 0.1) is 12.8 Å². The van der Waals surface area contributed by atoms with E-state index < -0.39 is 0 Å².